The van der Waals surface area contributed by atoms with E-state index >= 15 is 0 Å². The second-order valence-corrected chi connectivity index (χ2v) is 19.0. The number of nitrogens with two attached hydrogens (primary N) is 1. The highest BCUT2D eigenvalue weighted by Crippen LogP contribution is 2.16. The largest absolute Gasteiger partial charge is 0.480 e. The number of carbonyl (C=O) groups is 8. The van der Waals surface area contributed by atoms with Gasteiger partial charge in [-0.15, -0.1) is 0 Å². The van der Waals surface area contributed by atoms with Crippen LogP contribution in [0.25, 0.3) is 0 Å². The van der Waals surface area contributed by atoms with Crippen LogP contribution < -0.4 is 43.0 Å². The molecular weight excluding hydrogens is 736 g/mol. The molecule has 0 aliphatic carbocycles. The number of rotatable bonds is 23. The normalized spacial score (nSPS) is 14.6. The third-order valence-electron chi connectivity index (χ3n) is 9.03. The van der Waals surface area contributed by atoms with Gasteiger partial charge in [-0.25, -0.2) is 4.79 Å². The van der Waals surface area contributed by atoms with Crippen molar-refractivity contribution in [3.05, 3.63) is 0 Å². The predicted octanol–water partition coefficient (Wildman–Crippen LogP) is 1.62. The molecule has 57 heavy (non-hydrogen) atoms. The zero-order chi connectivity index (χ0) is 45.0. The molecule has 10 N–H and O–H groups in total. The number of carboxylic acid groups (broad SMARTS) is 1. The Kier molecular flexibility index (Phi) is 19.9. The molecule has 0 saturated heterocycles. The summed E-state index contributed by atoms with van der Waals surface area (Å²) in [5.41, 5.74) is -0.190. The van der Waals surface area contributed by atoms with Crippen LogP contribution in [-0.4, -0.2) is 98.7 Å². The van der Waals surface area contributed by atoms with Crippen molar-refractivity contribution >= 4 is 47.3 Å². The second kappa shape index (κ2) is 21.5. The molecule has 0 aromatic heterocycles. The first-order valence-electron chi connectivity index (χ1n) is 19.8. The highest BCUT2D eigenvalue weighted by atomic mass is 16.4. The number of carbonyl (C=O) groups excluding carboxylic acids is 7. The van der Waals surface area contributed by atoms with Crippen molar-refractivity contribution in [2.24, 2.45) is 29.4 Å². The molecule has 328 valence electrons. The van der Waals surface area contributed by atoms with Crippen LogP contribution in [0.2, 0.25) is 0 Å². The molecule has 0 rings (SSSR count). The Morgan fingerprint density at radius 1 is 0.421 bits per heavy atom. The molecule has 0 aliphatic heterocycles. The summed E-state index contributed by atoms with van der Waals surface area (Å²) in [4.78, 5) is 106. The third kappa shape index (κ3) is 18.2. The summed E-state index contributed by atoms with van der Waals surface area (Å²) in [7, 11) is 0. The third-order valence-corrected chi connectivity index (χ3v) is 9.03. The maximum atomic E-state index is 13.8. The lowest BCUT2D eigenvalue weighted by Gasteiger charge is -2.34. The maximum absolute atomic E-state index is 13.8. The van der Waals surface area contributed by atoms with E-state index in [4.69, 9.17) is 5.73 Å². The summed E-state index contributed by atoms with van der Waals surface area (Å²) in [5.74, 6) is -5.93. The molecule has 0 heterocycles. The average Bonchev–Trinajstić information content (AvgIpc) is 3.01. The van der Waals surface area contributed by atoms with E-state index in [-0.39, 0.29) is 42.9 Å². The van der Waals surface area contributed by atoms with Gasteiger partial charge in [0.1, 0.15) is 40.3 Å². The average molecular weight is 811 g/mol. The Labute approximate surface area is 339 Å². The van der Waals surface area contributed by atoms with E-state index in [1.54, 1.807) is 0 Å². The molecule has 0 aliphatic rings. The molecule has 17 heteroatoms. The molecule has 0 aromatic carbocycles. The number of amides is 7. The fraction of sp³-hybridized carbons (Fsp3) is 0.800. The maximum Gasteiger partial charge on any atom is 0.328 e. The Morgan fingerprint density at radius 3 is 0.877 bits per heavy atom. The summed E-state index contributed by atoms with van der Waals surface area (Å²) < 4.78 is 0. The Balaban J connectivity index is 6.07. The topological polar surface area (TPSA) is 267 Å². The SMILES string of the molecule is CC(C)C[C@@H](N)C(=O)NC(C)(C)C(=O)N[C@H](CC(C)C)C(=O)NC(C)(C)C(=O)N[C@H](CC(C)C)C(=O)NC(C)(C)C(=O)N[C@H](CC(C)C)C(=O)NC(C)(C)C(=O)O. The summed E-state index contributed by atoms with van der Waals surface area (Å²) >= 11 is 0. The molecule has 7 amide bonds. The second-order valence-electron chi connectivity index (χ2n) is 19.0. The Bertz CT molecular complexity index is 1450. The van der Waals surface area contributed by atoms with E-state index in [0.29, 0.717) is 6.42 Å². The van der Waals surface area contributed by atoms with E-state index in [1.165, 1.54) is 55.4 Å². The molecule has 0 spiro atoms. The van der Waals surface area contributed by atoms with Crippen LogP contribution in [0.4, 0.5) is 0 Å². The lowest BCUT2D eigenvalue weighted by Crippen LogP contribution is -2.65. The minimum atomic E-state index is -1.60. The fourth-order valence-corrected chi connectivity index (χ4v) is 5.55. The first-order chi connectivity index (χ1) is 25.6. The number of aliphatic carboxylic acids is 1. The van der Waals surface area contributed by atoms with Gasteiger partial charge in [-0.3, -0.25) is 33.6 Å². The molecule has 17 nitrogen and oxygen atoms in total. The van der Waals surface area contributed by atoms with E-state index in [2.05, 4.69) is 37.2 Å². The summed E-state index contributed by atoms with van der Waals surface area (Å²) in [6.45, 7) is 26.3. The van der Waals surface area contributed by atoms with Crippen molar-refractivity contribution in [1.29, 1.82) is 0 Å². The van der Waals surface area contributed by atoms with Gasteiger partial charge >= 0.3 is 5.97 Å². The Hall–Kier alpha value is -4.28. The summed E-state index contributed by atoms with van der Waals surface area (Å²) in [5, 5.41) is 28.0. The van der Waals surface area contributed by atoms with Crippen molar-refractivity contribution in [3.63, 3.8) is 0 Å². The van der Waals surface area contributed by atoms with E-state index < -0.39 is 93.6 Å². The summed E-state index contributed by atoms with van der Waals surface area (Å²) in [6, 6.07) is -4.17. The van der Waals surface area contributed by atoms with Crippen LogP contribution in [0.5, 0.6) is 0 Å². The smallest absolute Gasteiger partial charge is 0.328 e. The lowest BCUT2D eigenvalue weighted by molar-refractivity contribution is -0.146. The first-order valence-corrected chi connectivity index (χ1v) is 19.8. The van der Waals surface area contributed by atoms with E-state index in [0.717, 1.165) is 0 Å². The molecule has 0 saturated carbocycles. The van der Waals surface area contributed by atoms with Crippen molar-refractivity contribution in [3.8, 4) is 0 Å². The number of carboxylic acids is 1. The minimum Gasteiger partial charge on any atom is -0.480 e. The van der Waals surface area contributed by atoms with Gasteiger partial charge in [0.05, 0.1) is 6.04 Å². The standard InChI is InChI=1S/C40H74N8O9/c1-21(2)17-25(41)29(49)45-37(9,10)33(53)42-26(18-22(3)4)30(50)46-38(11,12)34(54)43-27(19-23(5)6)31(51)47-39(13,14)35(55)44-28(20-24(7)8)32(52)48-40(15,16)36(56)57/h21-28H,17-20,41H2,1-16H3,(H,42,53)(H,43,54)(H,44,55)(H,45,49)(H,46,50)(H,47,51)(H,48,52)(H,56,57)/t25-,26-,27-,28-/m1/s1. The highest BCUT2D eigenvalue weighted by molar-refractivity contribution is 6.00. The summed E-state index contributed by atoms with van der Waals surface area (Å²) in [6.07, 6.45) is 0.975. The van der Waals surface area contributed by atoms with Gasteiger partial charge in [-0.2, -0.15) is 0 Å². The molecule has 4 atom stereocenters. The van der Waals surface area contributed by atoms with Gasteiger partial charge in [0.2, 0.25) is 41.4 Å². The molecular formula is C40H74N8O9. The predicted molar refractivity (Wildman–Crippen MR) is 218 cm³/mol. The van der Waals surface area contributed by atoms with Crippen LogP contribution in [0.15, 0.2) is 0 Å². The molecule has 0 fully saturated rings. The van der Waals surface area contributed by atoms with Gasteiger partial charge in [-0.05, 0) is 105 Å². The van der Waals surface area contributed by atoms with Crippen molar-refractivity contribution in [2.45, 2.75) is 183 Å². The Morgan fingerprint density at radius 2 is 0.649 bits per heavy atom. The number of hydrogen-bond donors (Lipinski definition) is 9. The van der Waals surface area contributed by atoms with Crippen molar-refractivity contribution in [1.82, 2.24) is 37.2 Å². The van der Waals surface area contributed by atoms with Crippen LogP contribution >= 0.6 is 0 Å². The first kappa shape index (κ1) is 52.7. The van der Waals surface area contributed by atoms with E-state index in [9.17, 15) is 43.5 Å². The van der Waals surface area contributed by atoms with E-state index in [1.807, 2.05) is 55.4 Å². The number of hydrogen-bond acceptors (Lipinski definition) is 9. The van der Waals surface area contributed by atoms with Crippen molar-refractivity contribution in [2.75, 3.05) is 0 Å². The van der Waals surface area contributed by atoms with Crippen LogP contribution in [-0.2, 0) is 38.4 Å². The molecule has 0 unspecified atom stereocenters. The minimum absolute atomic E-state index is 0.0542. The lowest BCUT2D eigenvalue weighted by atomic mass is 9.95. The quantitative estimate of drug-likeness (QED) is 0.0720. The van der Waals surface area contributed by atoms with Gasteiger partial charge in [0.15, 0.2) is 0 Å². The fourth-order valence-electron chi connectivity index (χ4n) is 5.55. The van der Waals surface area contributed by atoms with Gasteiger partial charge in [0.25, 0.3) is 0 Å². The zero-order valence-electron chi connectivity index (χ0n) is 37.2. The molecule has 0 aromatic rings. The van der Waals surface area contributed by atoms with Gasteiger partial charge in [-0.1, -0.05) is 55.4 Å². The van der Waals surface area contributed by atoms with Gasteiger partial charge in [0, 0.05) is 0 Å². The zero-order valence-corrected chi connectivity index (χ0v) is 37.2. The van der Waals surface area contributed by atoms with Crippen LogP contribution in [0.3, 0.4) is 0 Å². The molecule has 0 bridgehead atoms. The van der Waals surface area contributed by atoms with Gasteiger partial charge < -0.3 is 48.1 Å². The van der Waals surface area contributed by atoms with Crippen LogP contribution in [0, 0.1) is 23.7 Å². The molecule has 0 radical (unpaired) electrons. The van der Waals surface area contributed by atoms with Crippen molar-refractivity contribution < 1.29 is 43.5 Å². The monoisotopic (exact) mass is 811 g/mol. The van der Waals surface area contributed by atoms with Crippen LogP contribution in [0.1, 0.15) is 136 Å². The number of nitrogens with one attached hydrogen (secondary N) is 7. The highest BCUT2D eigenvalue weighted by Gasteiger charge is 2.41.